The summed E-state index contributed by atoms with van der Waals surface area (Å²) in [6.45, 7) is 10.2. The standard InChI is InChI=1S/C28H32N6O4S/c1-4-12-34-25(20(3)29-26(36)21-10-8-19(2)9-11-21)31-32-28(34)39-18-24(35)30-23-7-5-6-22(17-23)27(37)33-13-15-38-16-14-33/h4-11,17,20H,1,12-16,18H2,2-3H3,(H,29,36)(H,30,35)/t20-/m1/s1. The lowest BCUT2D eigenvalue weighted by molar-refractivity contribution is -0.113. The van der Waals surface area contributed by atoms with E-state index in [2.05, 4.69) is 27.4 Å². The fraction of sp³-hybridized carbons (Fsp3) is 0.321. The van der Waals surface area contributed by atoms with Gasteiger partial charge in [0.1, 0.15) is 0 Å². The van der Waals surface area contributed by atoms with Crippen LogP contribution in [-0.4, -0.2) is 69.4 Å². The number of anilines is 1. The Kier molecular flexibility index (Phi) is 9.50. The average Bonchev–Trinajstić information content (AvgIpc) is 3.35. The number of hydrogen-bond acceptors (Lipinski definition) is 7. The van der Waals surface area contributed by atoms with E-state index in [1.54, 1.807) is 47.4 Å². The molecule has 1 saturated heterocycles. The minimum atomic E-state index is -0.416. The number of aryl methyl sites for hydroxylation is 1. The second kappa shape index (κ2) is 13.2. The van der Waals surface area contributed by atoms with Crippen molar-refractivity contribution in [3.05, 3.63) is 83.7 Å². The summed E-state index contributed by atoms with van der Waals surface area (Å²) in [6, 6.07) is 13.8. The zero-order chi connectivity index (χ0) is 27.8. The zero-order valence-electron chi connectivity index (χ0n) is 22.1. The summed E-state index contributed by atoms with van der Waals surface area (Å²) in [4.78, 5) is 39.9. The number of benzene rings is 2. The molecular formula is C28H32N6O4S. The van der Waals surface area contributed by atoms with Gasteiger partial charge < -0.3 is 24.8 Å². The maximum absolute atomic E-state index is 12.8. The van der Waals surface area contributed by atoms with Crippen molar-refractivity contribution in [3.8, 4) is 0 Å². The first-order valence-corrected chi connectivity index (χ1v) is 13.7. The molecule has 2 aromatic carbocycles. The highest BCUT2D eigenvalue weighted by Crippen LogP contribution is 2.22. The first-order valence-electron chi connectivity index (χ1n) is 12.7. The number of hydrogen-bond donors (Lipinski definition) is 2. The normalized spacial score (nSPS) is 13.9. The van der Waals surface area contributed by atoms with Crippen LogP contribution in [0, 0.1) is 6.92 Å². The van der Waals surface area contributed by atoms with Crippen molar-refractivity contribution in [1.82, 2.24) is 25.0 Å². The summed E-state index contributed by atoms with van der Waals surface area (Å²) < 4.78 is 7.14. The lowest BCUT2D eigenvalue weighted by Crippen LogP contribution is -2.40. The van der Waals surface area contributed by atoms with Crippen molar-refractivity contribution >= 4 is 35.2 Å². The second-order valence-electron chi connectivity index (χ2n) is 9.12. The quantitative estimate of drug-likeness (QED) is 0.294. The van der Waals surface area contributed by atoms with Crippen molar-refractivity contribution in [3.63, 3.8) is 0 Å². The predicted molar refractivity (Wildman–Crippen MR) is 150 cm³/mol. The number of allylic oxidation sites excluding steroid dienone is 1. The number of aromatic nitrogens is 3. The maximum Gasteiger partial charge on any atom is 0.254 e. The van der Waals surface area contributed by atoms with Gasteiger partial charge in [0.25, 0.3) is 11.8 Å². The van der Waals surface area contributed by atoms with Gasteiger partial charge in [-0.25, -0.2) is 0 Å². The summed E-state index contributed by atoms with van der Waals surface area (Å²) >= 11 is 1.23. The summed E-state index contributed by atoms with van der Waals surface area (Å²) in [5.41, 5.74) is 2.69. The highest BCUT2D eigenvalue weighted by Gasteiger charge is 2.21. The molecule has 3 amide bonds. The number of rotatable bonds is 10. The molecule has 10 nitrogen and oxygen atoms in total. The van der Waals surface area contributed by atoms with Crippen molar-refractivity contribution < 1.29 is 19.1 Å². The van der Waals surface area contributed by atoms with Crippen LogP contribution in [0.5, 0.6) is 0 Å². The van der Waals surface area contributed by atoms with E-state index in [0.29, 0.717) is 60.6 Å². The Labute approximate surface area is 231 Å². The Morgan fingerprint density at radius 1 is 1.10 bits per heavy atom. The number of thioether (sulfide) groups is 1. The zero-order valence-corrected chi connectivity index (χ0v) is 22.9. The van der Waals surface area contributed by atoms with E-state index < -0.39 is 6.04 Å². The highest BCUT2D eigenvalue weighted by molar-refractivity contribution is 7.99. The van der Waals surface area contributed by atoms with Crippen LogP contribution < -0.4 is 10.6 Å². The largest absolute Gasteiger partial charge is 0.378 e. The molecule has 0 bridgehead atoms. The third-order valence-electron chi connectivity index (χ3n) is 6.13. The molecule has 1 aromatic heterocycles. The van der Waals surface area contributed by atoms with Crippen LogP contribution in [0.15, 0.2) is 66.3 Å². The van der Waals surface area contributed by atoms with Gasteiger partial charge in [0.05, 0.1) is 25.0 Å². The molecule has 11 heteroatoms. The van der Waals surface area contributed by atoms with E-state index in [1.165, 1.54) is 11.8 Å². The number of nitrogens with one attached hydrogen (secondary N) is 2. The number of carbonyl (C=O) groups excluding carboxylic acids is 3. The third kappa shape index (κ3) is 7.33. The van der Waals surface area contributed by atoms with E-state index in [-0.39, 0.29) is 23.5 Å². The lowest BCUT2D eigenvalue weighted by atomic mass is 10.1. The molecular weight excluding hydrogens is 516 g/mol. The first-order chi connectivity index (χ1) is 18.9. The van der Waals surface area contributed by atoms with Crippen LogP contribution in [0.1, 0.15) is 45.1 Å². The Hall–Kier alpha value is -3.96. The van der Waals surface area contributed by atoms with E-state index in [1.807, 2.05) is 30.5 Å². The van der Waals surface area contributed by atoms with E-state index in [4.69, 9.17) is 4.74 Å². The minimum Gasteiger partial charge on any atom is -0.378 e. The molecule has 2 N–H and O–H groups in total. The van der Waals surface area contributed by atoms with Crippen LogP contribution in [0.3, 0.4) is 0 Å². The molecule has 1 atom stereocenters. The van der Waals surface area contributed by atoms with Crippen LogP contribution in [0.2, 0.25) is 0 Å². The van der Waals surface area contributed by atoms with Gasteiger partial charge in [-0.1, -0.05) is 41.6 Å². The Bertz CT molecular complexity index is 1330. The van der Waals surface area contributed by atoms with Crippen LogP contribution in [0.25, 0.3) is 0 Å². The lowest BCUT2D eigenvalue weighted by Gasteiger charge is -2.27. The van der Waals surface area contributed by atoms with Crippen molar-refractivity contribution in [2.24, 2.45) is 0 Å². The maximum atomic E-state index is 12.8. The van der Waals surface area contributed by atoms with Crippen LogP contribution in [-0.2, 0) is 16.1 Å². The van der Waals surface area contributed by atoms with Crippen molar-refractivity contribution in [2.75, 3.05) is 37.4 Å². The Balaban J connectivity index is 1.36. The molecule has 3 aromatic rings. The summed E-state index contributed by atoms with van der Waals surface area (Å²) in [5.74, 6) is 0.107. The fourth-order valence-corrected chi connectivity index (χ4v) is 4.84. The van der Waals surface area contributed by atoms with E-state index in [0.717, 1.165) is 5.56 Å². The Morgan fingerprint density at radius 2 is 1.85 bits per heavy atom. The molecule has 0 spiro atoms. The molecule has 0 unspecified atom stereocenters. The second-order valence-corrected chi connectivity index (χ2v) is 10.1. The highest BCUT2D eigenvalue weighted by atomic mass is 32.2. The number of amides is 3. The van der Waals surface area contributed by atoms with Gasteiger partial charge in [-0.3, -0.25) is 14.4 Å². The van der Waals surface area contributed by atoms with Gasteiger partial charge in [-0.2, -0.15) is 0 Å². The molecule has 204 valence electrons. The van der Waals surface area contributed by atoms with Gasteiger partial charge in [0.2, 0.25) is 5.91 Å². The molecule has 0 saturated carbocycles. The van der Waals surface area contributed by atoms with E-state index >= 15 is 0 Å². The molecule has 2 heterocycles. The first kappa shape index (κ1) is 28.1. The van der Waals surface area contributed by atoms with Gasteiger partial charge in [-0.05, 0) is 44.2 Å². The van der Waals surface area contributed by atoms with Gasteiger partial charge >= 0.3 is 0 Å². The molecule has 1 fully saturated rings. The summed E-state index contributed by atoms with van der Waals surface area (Å²) in [6.07, 6.45) is 1.71. The van der Waals surface area contributed by atoms with E-state index in [9.17, 15) is 14.4 Å². The number of morpholine rings is 1. The minimum absolute atomic E-state index is 0.0843. The van der Waals surface area contributed by atoms with Gasteiger partial charge in [-0.15, -0.1) is 16.8 Å². The van der Waals surface area contributed by atoms with Crippen LogP contribution >= 0.6 is 11.8 Å². The predicted octanol–water partition coefficient (Wildman–Crippen LogP) is 3.47. The molecule has 1 aliphatic heterocycles. The smallest absolute Gasteiger partial charge is 0.254 e. The SMILES string of the molecule is C=CCn1c(SCC(=O)Nc2cccc(C(=O)N3CCOCC3)c2)nnc1[C@@H](C)NC(=O)c1ccc(C)cc1. The molecule has 0 radical (unpaired) electrons. The van der Waals surface area contributed by atoms with Crippen molar-refractivity contribution in [1.29, 1.82) is 0 Å². The fourth-order valence-electron chi connectivity index (χ4n) is 4.08. The summed E-state index contributed by atoms with van der Waals surface area (Å²) in [7, 11) is 0. The van der Waals surface area contributed by atoms with Gasteiger partial charge in [0.15, 0.2) is 11.0 Å². The molecule has 1 aliphatic rings. The van der Waals surface area contributed by atoms with Crippen LogP contribution in [0.4, 0.5) is 5.69 Å². The monoisotopic (exact) mass is 548 g/mol. The van der Waals surface area contributed by atoms with Gasteiger partial charge in [0, 0.05) is 36.4 Å². The Morgan fingerprint density at radius 3 is 2.56 bits per heavy atom. The number of ether oxygens (including phenoxy) is 1. The topological polar surface area (TPSA) is 118 Å². The third-order valence-corrected chi connectivity index (χ3v) is 7.10. The summed E-state index contributed by atoms with van der Waals surface area (Å²) in [5, 5.41) is 14.9. The molecule has 4 rings (SSSR count). The number of carbonyl (C=O) groups is 3. The average molecular weight is 549 g/mol. The number of nitrogens with zero attached hydrogens (tertiary/aromatic N) is 4. The van der Waals surface area contributed by atoms with Crippen molar-refractivity contribution in [2.45, 2.75) is 31.6 Å². The molecule has 0 aliphatic carbocycles. The molecule has 39 heavy (non-hydrogen) atoms.